The van der Waals surface area contributed by atoms with Crippen LogP contribution in [0.3, 0.4) is 0 Å². The van der Waals surface area contributed by atoms with Gasteiger partial charge in [0, 0.05) is 11.3 Å². The highest BCUT2D eigenvalue weighted by atomic mass is 16.5. The molecule has 0 atom stereocenters. The molecule has 0 spiro atoms. The van der Waals surface area contributed by atoms with E-state index in [1.54, 1.807) is 18.2 Å². The molecule has 3 aromatic rings. The summed E-state index contributed by atoms with van der Waals surface area (Å²) in [5.41, 5.74) is 2.21. The summed E-state index contributed by atoms with van der Waals surface area (Å²) in [6.07, 6.45) is 0. The Hall–Kier alpha value is -3.54. The van der Waals surface area contributed by atoms with E-state index in [4.69, 9.17) is 14.2 Å². The van der Waals surface area contributed by atoms with Crippen LogP contribution in [0.2, 0.25) is 0 Å². The third kappa shape index (κ3) is 4.59. The smallest absolute Gasteiger partial charge is 0.257 e. The number of pyridine rings is 1. The lowest BCUT2D eigenvalue weighted by atomic mass is 10.1. The number of nitrogens with zero attached hydrogens (tertiary/aromatic N) is 1. The van der Waals surface area contributed by atoms with Crippen molar-refractivity contribution in [1.29, 1.82) is 0 Å². The molecule has 0 radical (unpaired) electrons. The molecule has 0 fully saturated rings. The summed E-state index contributed by atoms with van der Waals surface area (Å²) in [7, 11) is 3.04. The number of hydrogen-bond donors (Lipinski definition) is 1. The third-order valence-corrected chi connectivity index (χ3v) is 4.08. The number of carbonyl (C=O) groups excluding carboxylic acids is 1. The Balaban J connectivity index is 1.84. The van der Waals surface area contributed by atoms with E-state index >= 15 is 0 Å². The van der Waals surface area contributed by atoms with E-state index in [1.165, 1.54) is 14.2 Å². The fraction of sp³-hybridized carbons (Fsp3) is 0.182. The van der Waals surface area contributed by atoms with Crippen molar-refractivity contribution in [1.82, 2.24) is 4.98 Å². The van der Waals surface area contributed by atoms with Crippen LogP contribution in [0.25, 0.3) is 0 Å². The fourth-order valence-corrected chi connectivity index (χ4v) is 2.68. The van der Waals surface area contributed by atoms with Gasteiger partial charge in [-0.25, -0.2) is 4.98 Å². The van der Waals surface area contributed by atoms with Gasteiger partial charge in [0.25, 0.3) is 5.91 Å². The van der Waals surface area contributed by atoms with Gasteiger partial charge in [-0.3, -0.25) is 4.79 Å². The zero-order chi connectivity index (χ0) is 19.9. The van der Waals surface area contributed by atoms with Crippen LogP contribution in [-0.2, 0) is 6.61 Å². The van der Waals surface area contributed by atoms with Crippen molar-refractivity contribution in [3.05, 3.63) is 77.5 Å². The van der Waals surface area contributed by atoms with E-state index in [-0.39, 0.29) is 5.91 Å². The van der Waals surface area contributed by atoms with Crippen molar-refractivity contribution in [3.63, 3.8) is 0 Å². The number of anilines is 1. The molecule has 0 unspecified atom stereocenters. The first-order valence-electron chi connectivity index (χ1n) is 8.78. The van der Waals surface area contributed by atoms with Crippen molar-refractivity contribution >= 4 is 11.7 Å². The molecule has 6 heteroatoms. The van der Waals surface area contributed by atoms with Gasteiger partial charge < -0.3 is 19.5 Å². The molecule has 0 saturated heterocycles. The Morgan fingerprint density at radius 1 is 0.964 bits per heavy atom. The predicted octanol–water partition coefficient (Wildman–Crippen LogP) is 4.24. The van der Waals surface area contributed by atoms with Crippen LogP contribution < -0.4 is 19.5 Å². The Kier molecular flexibility index (Phi) is 6.11. The molecule has 144 valence electrons. The average molecular weight is 378 g/mol. The lowest BCUT2D eigenvalue weighted by Crippen LogP contribution is -2.14. The molecule has 0 aliphatic heterocycles. The maximum absolute atomic E-state index is 12.6. The summed E-state index contributed by atoms with van der Waals surface area (Å²) in [5, 5.41) is 2.78. The van der Waals surface area contributed by atoms with Gasteiger partial charge in [0.05, 0.1) is 14.2 Å². The zero-order valence-corrected chi connectivity index (χ0v) is 16.1. The Morgan fingerprint density at radius 2 is 1.64 bits per heavy atom. The first-order valence-corrected chi connectivity index (χ1v) is 8.78. The highest BCUT2D eigenvalue weighted by Gasteiger charge is 2.18. The lowest BCUT2D eigenvalue weighted by molar-refractivity contribution is 0.102. The summed E-state index contributed by atoms with van der Waals surface area (Å²) in [5.74, 6) is 1.44. The number of ether oxygens (including phenoxy) is 3. The minimum atomic E-state index is -0.315. The van der Waals surface area contributed by atoms with Crippen LogP contribution in [0, 0.1) is 6.92 Å². The second kappa shape index (κ2) is 8.90. The quantitative estimate of drug-likeness (QED) is 0.666. The van der Waals surface area contributed by atoms with Crippen molar-refractivity contribution in [2.24, 2.45) is 0 Å². The van der Waals surface area contributed by atoms with Crippen molar-refractivity contribution in [2.45, 2.75) is 13.5 Å². The van der Waals surface area contributed by atoms with Crippen LogP contribution in [-0.4, -0.2) is 25.1 Å². The number of rotatable bonds is 7. The Bertz CT molecular complexity index is 933. The van der Waals surface area contributed by atoms with Crippen molar-refractivity contribution < 1.29 is 19.0 Å². The first kappa shape index (κ1) is 19.2. The monoisotopic (exact) mass is 378 g/mol. The molecule has 1 amide bonds. The number of methoxy groups -OCH3 is 2. The standard InChI is InChI=1S/C22H22N2O4/c1-15-8-7-11-20(23-15)24-22(25)17-12-18(26-2)21(19(13-17)27-3)28-14-16-9-5-4-6-10-16/h4-13H,14H2,1-3H3,(H,23,24,25). The number of aromatic nitrogens is 1. The van der Waals surface area contributed by atoms with Gasteiger partial charge in [-0.15, -0.1) is 0 Å². The number of benzene rings is 2. The summed E-state index contributed by atoms with van der Waals surface area (Å²) in [4.78, 5) is 16.9. The minimum Gasteiger partial charge on any atom is -0.493 e. The number of aryl methyl sites for hydroxylation is 1. The summed E-state index contributed by atoms with van der Waals surface area (Å²) in [6.45, 7) is 2.22. The molecule has 28 heavy (non-hydrogen) atoms. The molecular weight excluding hydrogens is 356 g/mol. The minimum absolute atomic E-state index is 0.315. The average Bonchev–Trinajstić information content (AvgIpc) is 2.72. The van der Waals surface area contributed by atoms with Crippen LogP contribution in [0.4, 0.5) is 5.82 Å². The van der Waals surface area contributed by atoms with Gasteiger partial charge in [-0.1, -0.05) is 36.4 Å². The molecule has 0 aliphatic carbocycles. The Labute approximate surface area is 164 Å². The molecule has 2 aromatic carbocycles. The van der Waals surface area contributed by atoms with Crippen molar-refractivity contribution in [2.75, 3.05) is 19.5 Å². The van der Waals surface area contributed by atoms with Crippen LogP contribution in [0.1, 0.15) is 21.6 Å². The first-order chi connectivity index (χ1) is 13.6. The van der Waals surface area contributed by atoms with E-state index in [0.717, 1.165) is 11.3 Å². The molecule has 3 rings (SSSR count). The largest absolute Gasteiger partial charge is 0.493 e. The maximum Gasteiger partial charge on any atom is 0.257 e. The fourth-order valence-electron chi connectivity index (χ4n) is 2.68. The van der Waals surface area contributed by atoms with E-state index in [1.807, 2.05) is 49.4 Å². The molecular formula is C22H22N2O4. The SMILES string of the molecule is COc1cc(C(=O)Nc2cccc(C)n2)cc(OC)c1OCc1ccccc1. The topological polar surface area (TPSA) is 69.7 Å². The summed E-state index contributed by atoms with van der Waals surface area (Å²) in [6, 6.07) is 18.4. The summed E-state index contributed by atoms with van der Waals surface area (Å²) < 4.78 is 16.8. The second-order valence-electron chi connectivity index (χ2n) is 6.10. The van der Waals surface area contributed by atoms with E-state index < -0.39 is 0 Å². The number of hydrogen-bond acceptors (Lipinski definition) is 5. The van der Waals surface area contributed by atoms with Gasteiger partial charge in [-0.05, 0) is 36.8 Å². The van der Waals surface area contributed by atoms with Gasteiger partial charge in [0.1, 0.15) is 12.4 Å². The van der Waals surface area contributed by atoms with Gasteiger partial charge in [-0.2, -0.15) is 0 Å². The summed E-state index contributed by atoms with van der Waals surface area (Å²) >= 11 is 0. The molecule has 0 bridgehead atoms. The van der Waals surface area contributed by atoms with E-state index in [2.05, 4.69) is 10.3 Å². The third-order valence-electron chi connectivity index (χ3n) is 4.08. The van der Waals surface area contributed by atoms with E-state index in [9.17, 15) is 4.79 Å². The van der Waals surface area contributed by atoms with E-state index in [0.29, 0.717) is 35.2 Å². The van der Waals surface area contributed by atoms with Crippen LogP contribution in [0.5, 0.6) is 17.2 Å². The molecule has 6 nitrogen and oxygen atoms in total. The number of amides is 1. The molecule has 0 aliphatic rings. The van der Waals surface area contributed by atoms with Crippen LogP contribution in [0.15, 0.2) is 60.7 Å². The van der Waals surface area contributed by atoms with Crippen molar-refractivity contribution in [3.8, 4) is 17.2 Å². The maximum atomic E-state index is 12.6. The number of nitrogens with one attached hydrogen (secondary N) is 1. The lowest BCUT2D eigenvalue weighted by Gasteiger charge is -2.16. The molecule has 1 aromatic heterocycles. The molecule has 1 heterocycles. The molecule has 1 N–H and O–H groups in total. The molecule has 0 saturated carbocycles. The van der Waals surface area contributed by atoms with Gasteiger partial charge in [0.15, 0.2) is 11.5 Å². The number of carbonyl (C=O) groups is 1. The second-order valence-corrected chi connectivity index (χ2v) is 6.10. The van der Waals surface area contributed by atoms with Gasteiger partial charge in [0.2, 0.25) is 5.75 Å². The van der Waals surface area contributed by atoms with Crippen LogP contribution >= 0.6 is 0 Å². The normalized spacial score (nSPS) is 10.2. The predicted molar refractivity (Wildman–Crippen MR) is 107 cm³/mol. The Morgan fingerprint density at radius 3 is 2.25 bits per heavy atom. The highest BCUT2D eigenvalue weighted by Crippen LogP contribution is 2.39. The zero-order valence-electron chi connectivity index (χ0n) is 16.1. The van der Waals surface area contributed by atoms with Gasteiger partial charge >= 0.3 is 0 Å². The highest BCUT2D eigenvalue weighted by molar-refractivity contribution is 6.04.